The van der Waals surface area contributed by atoms with Crippen molar-refractivity contribution in [3.63, 3.8) is 0 Å². The molecule has 2 aromatic rings. The zero-order chi connectivity index (χ0) is 19.8. The third-order valence-electron chi connectivity index (χ3n) is 4.73. The monoisotopic (exact) mass is 406 g/mol. The molecule has 1 aliphatic heterocycles. The Morgan fingerprint density at radius 2 is 1.89 bits per heavy atom. The lowest BCUT2D eigenvalue weighted by molar-refractivity contribution is -0.135. The molecule has 27 heavy (non-hydrogen) atoms. The molecule has 5 nitrogen and oxygen atoms in total. The molecule has 1 aliphatic rings. The molecule has 0 aromatic heterocycles. The number of hydrogen-bond donors (Lipinski definition) is 1. The summed E-state index contributed by atoms with van der Waals surface area (Å²) in [5, 5.41) is 0.408. The van der Waals surface area contributed by atoms with Crippen LogP contribution in [-0.2, 0) is 27.8 Å². The van der Waals surface area contributed by atoms with E-state index < -0.39 is 10.0 Å². The summed E-state index contributed by atoms with van der Waals surface area (Å²) in [4.78, 5) is 14.2. The molecule has 1 heterocycles. The first-order chi connectivity index (χ1) is 12.7. The zero-order valence-corrected chi connectivity index (χ0v) is 17.2. The first-order valence-electron chi connectivity index (χ1n) is 8.87. The molecule has 0 saturated heterocycles. The summed E-state index contributed by atoms with van der Waals surface area (Å²) in [6, 6.07) is 10.1. The molecule has 0 fully saturated rings. The molecule has 2 aromatic carbocycles. The standard InChI is InChI=1S/C20H23ClN2O3S/c1-13(2)20(24)23-9-8-15-5-6-17(10-16(15)12-23)22-27(25,26)18-7-4-14(3)19(21)11-18/h4-7,10-11,13,22H,8-9,12H2,1-3H3. The number of hydrogen-bond acceptors (Lipinski definition) is 3. The number of anilines is 1. The van der Waals surface area contributed by atoms with Gasteiger partial charge in [-0.2, -0.15) is 0 Å². The molecule has 0 saturated carbocycles. The molecule has 3 rings (SSSR count). The van der Waals surface area contributed by atoms with Crippen LogP contribution < -0.4 is 4.72 Å². The van der Waals surface area contributed by atoms with Crippen molar-refractivity contribution in [1.29, 1.82) is 0 Å². The van der Waals surface area contributed by atoms with Gasteiger partial charge in [-0.3, -0.25) is 9.52 Å². The van der Waals surface area contributed by atoms with Gasteiger partial charge < -0.3 is 4.90 Å². The zero-order valence-electron chi connectivity index (χ0n) is 15.6. The summed E-state index contributed by atoms with van der Waals surface area (Å²) in [5.74, 6) is 0.0560. The highest BCUT2D eigenvalue weighted by molar-refractivity contribution is 7.92. The second-order valence-corrected chi connectivity index (χ2v) is 9.25. The molecule has 0 unspecified atom stereocenters. The third kappa shape index (κ3) is 4.28. The highest BCUT2D eigenvalue weighted by Gasteiger charge is 2.23. The van der Waals surface area contributed by atoms with Gasteiger partial charge in [0.25, 0.3) is 10.0 Å². The number of sulfonamides is 1. The van der Waals surface area contributed by atoms with Gasteiger partial charge in [0.1, 0.15) is 0 Å². The minimum absolute atomic E-state index is 0.0560. The number of carbonyl (C=O) groups excluding carboxylic acids is 1. The van der Waals surface area contributed by atoms with E-state index in [1.807, 2.05) is 37.8 Å². The number of carbonyl (C=O) groups is 1. The van der Waals surface area contributed by atoms with E-state index in [1.54, 1.807) is 12.1 Å². The molecule has 7 heteroatoms. The van der Waals surface area contributed by atoms with Gasteiger partial charge in [0.15, 0.2) is 0 Å². The van der Waals surface area contributed by atoms with Gasteiger partial charge in [0.05, 0.1) is 4.90 Å². The van der Waals surface area contributed by atoms with Gasteiger partial charge in [-0.05, 0) is 54.3 Å². The quantitative estimate of drug-likeness (QED) is 0.834. The summed E-state index contributed by atoms with van der Waals surface area (Å²) in [6.45, 7) is 6.78. The average Bonchev–Trinajstić information content (AvgIpc) is 2.62. The summed E-state index contributed by atoms with van der Waals surface area (Å²) >= 11 is 6.06. The maximum Gasteiger partial charge on any atom is 0.261 e. The Balaban J connectivity index is 1.84. The van der Waals surface area contributed by atoms with Crippen LogP contribution in [0.5, 0.6) is 0 Å². The van der Waals surface area contributed by atoms with Crippen molar-refractivity contribution >= 4 is 33.2 Å². The molecular weight excluding hydrogens is 384 g/mol. The largest absolute Gasteiger partial charge is 0.338 e. The van der Waals surface area contributed by atoms with E-state index in [1.165, 1.54) is 12.1 Å². The molecule has 0 aliphatic carbocycles. The van der Waals surface area contributed by atoms with Crippen LogP contribution in [-0.4, -0.2) is 25.8 Å². The fourth-order valence-electron chi connectivity index (χ4n) is 3.13. The first kappa shape index (κ1) is 19.7. The van der Waals surface area contributed by atoms with Crippen LogP contribution in [0.25, 0.3) is 0 Å². The Hall–Kier alpha value is -2.05. The highest BCUT2D eigenvalue weighted by atomic mass is 35.5. The topological polar surface area (TPSA) is 66.5 Å². The lowest BCUT2D eigenvalue weighted by Crippen LogP contribution is -2.38. The predicted molar refractivity (Wildman–Crippen MR) is 107 cm³/mol. The van der Waals surface area contributed by atoms with Crippen LogP contribution in [0, 0.1) is 12.8 Å². The van der Waals surface area contributed by atoms with Gasteiger partial charge in [-0.25, -0.2) is 8.42 Å². The maximum absolute atomic E-state index is 12.7. The number of aryl methyl sites for hydroxylation is 1. The van der Waals surface area contributed by atoms with Crippen LogP contribution in [0.1, 0.15) is 30.5 Å². The number of halogens is 1. The van der Waals surface area contributed by atoms with Gasteiger partial charge in [-0.15, -0.1) is 0 Å². The van der Waals surface area contributed by atoms with Crippen LogP contribution >= 0.6 is 11.6 Å². The Labute approximate surface area is 165 Å². The molecule has 0 bridgehead atoms. The van der Waals surface area contributed by atoms with Crippen molar-refractivity contribution in [3.05, 3.63) is 58.1 Å². The van der Waals surface area contributed by atoms with E-state index >= 15 is 0 Å². The average molecular weight is 407 g/mol. The number of benzene rings is 2. The van der Waals surface area contributed by atoms with E-state index in [2.05, 4.69) is 4.72 Å². The molecule has 1 N–H and O–H groups in total. The molecule has 1 amide bonds. The van der Waals surface area contributed by atoms with Crippen molar-refractivity contribution in [2.75, 3.05) is 11.3 Å². The molecule has 0 radical (unpaired) electrons. The van der Waals surface area contributed by atoms with Gasteiger partial charge in [0.2, 0.25) is 5.91 Å². The van der Waals surface area contributed by atoms with Crippen molar-refractivity contribution in [2.45, 2.75) is 38.6 Å². The van der Waals surface area contributed by atoms with E-state index in [0.29, 0.717) is 23.8 Å². The lowest BCUT2D eigenvalue weighted by atomic mass is 9.98. The number of nitrogens with one attached hydrogen (secondary N) is 1. The normalized spacial score (nSPS) is 14.2. The van der Waals surface area contributed by atoms with Crippen LogP contribution in [0.4, 0.5) is 5.69 Å². The minimum Gasteiger partial charge on any atom is -0.338 e. The molecule has 0 atom stereocenters. The van der Waals surface area contributed by atoms with Crippen LogP contribution in [0.3, 0.4) is 0 Å². The van der Waals surface area contributed by atoms with Crippen molar-refractivity contribution in [1.82, 2.24) is 4.90 Å². The van der Waals surface area contributed by atoms with Crippen molar-refractivity contribution in [3.8, 4) is 0 Å². The Bertz CT molecular complexity index is 987. The number of fused-ring (bicyclic) bond motifs is 1. The molecular formula is C20H23ClN2O3S. The van der Waals surface area contributed by atoms with E-state index in [4.69, 9.17) is 11.6 Å². The van der Waals surface area contributed by atoms with E-state index in [-0.39, 0.29) is 16.7 Å². The second kappa shape index (κ2) is 7.52. The van der Waals surface area contributed by atoms with Gasteiger partial charge >= 0.3 is 0 Å². The maximum atomic E-state index is 12.7. The second-order valence-electron chi connectivity index (χ2n) is 7.16. The Kier molecular flexibility index (Phi) is 5.49. The number of nitrogens with zero attached hydrogens (tertiary/aromatic N) is 1. The summed E-state index contributed by atoms with van der Waals surface area (Å²) < 4.78 is 27.9. The SMILES string of the molecule is Cc1ccc(S(=O)(=O)Nc2ccc3c(c2)CN(C(=O)C(C)C)CC3)cc1Cl. The Morgan fingerprint density at radius 3 is 2.56 bits per heavy atom. The first-order valence-corrected chi connectivity index (χ1v) is 10.7. The smallest absolute Gasteiger partial charge is 0.261 e. The number of amides is 1. The van der Waals surface area contributed by atoms with Gasteiger partial charge in [0, 0.05) is 29.7 Å². The van der Waals surface area contributed by atoms with Crippen molar-refractivity contribution < 1.29 is 13.2 Å². The van der Waals surface area contributed by atoms with E-state index in [0.717, 1.165) is 23.1 Å². The van der Waals surface area contributed by atoms with Crippen LogP contribution in [0.15, 0.2) is 41.3 Å². The third-order valence-corrected chi connectivity index (χ3v) is 6.52. The number of rotatable bonds is 4. The fraction of sp³-hybridized carbons (Fsp3) is 0.350. The molecule has 0 spiro atoms. The summed E-state index contributed by atoms with van der Waals surface area (Å²) in [6.07, 6.45) is 0.772. The minimum atomic E-state index is -3.74. The summed E-state index contributed by atoms with van der Waals surface area (Å²) in [7, 11) is -3.74. The van der Waals surface area contributed by atoms with Crippen molar-refractivity contribution in [2.24, 2.45) is 5.92 Å². The predicted octanol–water partition coefficient (Wildman–Crippen LogP) is 3.99. The Morgan fingerprint density at radius 1 is 1.15 bits per heavy atom. The lowest BCUT2D eigenvalue weighted by Gasteiger charge is -2.30. The fourth-order valence-corrected chi connectivity index (χ4v) is 4.45. The van der Waals surface area contributed by atoms with Gasteiger partial charge in [-0.1, -0.05) is 37.6 Å². The van der Waals surface area contributed by atoms with Crippen LogP contribution in [0.2, 0.25) is 5.02 Å². The van der Waals surface area contributed by atoms with E-state index in [9.17, 15) is 13.2 Å². The summed E-state index contributed by atoms with van der Waals surface area (Å²) in [5.41, 5.74) is 3.41. The highest BCUT2D eigenvalue weighted by Crippen LogP contribution is 2.26. The molecule has 144 valence electrons.